The lowest BCUT2D eigenvalue weighted by atomic mass is 10.3. The molecule has 3 rings (SSSR count). The maximum Gasteiger partial charge on any atom is 0.188 e. The Morgan fingerprint density at radius 2 is 2.12 bits per heavy atom. The zero-order chi connectivity index (χ0) is 16.8. The molecule has 0 spiro atoms. The highest BCUT2D eigenvalue weighted by atomic mass is 79.9. The maximum absolute atomic E-state index is 5.95. The third-order valence-electron chi connectivity index (χ3n) is 3.13. The Hall–Kier alpha value is -1.57. The van der Waals surface area contributed by atoms with Crippen LogP contribution in [0.3, 0.4) is 0 Å². The van der Waals surface area contributed by atoms with Gasteiger partial charge in [0.1, 0.15) is 5.75 Å². The van der Waals surface area contributed by atoms with Crippen LogP contribution in [0.4, 0.5) is 10.9 Å². The molecule has 0 aliphatic heterocycles. The predicted molar refractivity (Wildman–Crippen MR) is 106 cm³/mol. The SMILES string of the molecule is CSCCc1csc(Nc2ncc(Br)cc2Oc2ccccc2)n1. The molecule has 0 aliphatic rings. The minimum atomic E-state index is 0.646. The van der Waals surface area contributed by atoms with E-state index in [1.165, 1.54) is 0 Å². The monoisotopic (exact) mass is 421 g/mol. The standard InChI is InChI=1S/C17H16BrN3OS2/c1-23-8-7-13-11-24-17(20-13)21-16-15(9-12(18)10-19-16)22-14-5-3-2-4-6-14/h2-6,9-11H,7-8H2,1H3,(H,19,20,21). The summed E-state index contributed by atoms with van der Waals surface area (Å²) in [6.07, 6.45) is 4.81. The summed E-state index contributed by atoms with van der Waals surface area (Å²) in [5, 5.41) is 6.16. The molecule has 1 N–H and O–H groups in total. The summed E-state index contributed by atoms with van der Waals surface area (Å²) in [4.78, 5) is 9.02. The first kappa shape index (κ1) is 17.3. The summed E-state index contributed by atoms with van der Waals surface area (Å²) in [7, 11) is 0. The number of nitrogens with one attached hydrogen (secondary N) is 1. The van der Waals surface area contributed by atoms with E-state index in [0.717, 1.165) is 33.2 Å². The van der Waals surface area contributed by atoms with Gasteiger partial charge in [0.05, 0.1) is 5.69 Å². The molecular weight excluding hydrogens is 406 g/mol. The van der Waals surface area contributed by atoms with Crippen molar-refractivity contribution in [2.24, 2.45) is 0 Å². The number of rotatable bonds is 7. The minimum absolute atomic E-state index is 0.646. The van der Waals surface area contributed by atoms with Crippen LogP contribution in [0.2, 0.25) is 0 Å². The number of hydrogen-bond acceptors (Lipinski definition) is 6. The average Bonchev–Trinajstić information content (AvgIpc) is 3.04. The molecule has 3 aromatic rings. The van der Waals surface area contributed by atoms with Crippen LogP contribution in [-0.2, 0) is 6.42 Å². The molecule has 0 saturated heterocycles. The number of aryl methyl sites for hydroxylation is 1. The summed E-state index contributed by atoms with van der Waals surface area (Å²) in [6, 6.07) is 11.5. The first-order valence-corrected chi connectivity index (χ1v) is 10.4. The van der Waals surface area contributed by atoms with Gasteiger partial charge < -0.3 is 10.1 Å². The van der Waals surface area contributed by atoms with Gasteiger partial charge in [0.15, 0.2) is 16.7 Å². The Bertz CT molecular complexity index is 796. The molecule has 0 amide bonds. The van der Waals surface area contributed by atoms with Crippen molar-refractivity contribution in [1.82, 2.24) is 9.97 Å². The third-order valence-corrected chi connectivity index (χ3v) is 4.98. The number of thiazole rings is 1. The van der Waals surface area contributed by atoms with Crippen molar-refractivity contribution in [3.63, 3.8) is 0 Å². The van der Waals surface area contributed by atoms with E-state index in [-0.39, 0.29) is 0 Å². The summed E-state index contributed by atoms with van der Waals surface area (Å²) in [5.41, 5.74) is 1.10. The van der Waals surface area contributed by atoms with Gasteiger partial charge in [-0.25, -0.2) is 9.97 Å². The highest BCUT2D eigenvalue weighted by molar-refractivity contribution is 9.10. The molecule has 24 heavy (non-hydrogen) atoms. The van der Waals surface area contributed by atoms with Crippen LogP contribution in [0.5, 0.6) is 11.5 Å². The predicted octanol–water partition coefficient (Wildman–Crippen LogP) is 5.74. The molecular formula is C17H16BrN3OS2. The number of halogens is 1. The van der Waals surface area contributed by atoms with Gasteiger partial charge in [0.25, 0.3) is 0 Å². The Morgan fingerprint density at radius 1 is 1.29 bits per heavy atom. The van der Waals surface area contributed by atoms with E-state index in [1.54, 1.807) is 17.5 Å². The van der Waals surface area contributed by atoms with E-state index in [4.69, 9.17) is 4.74 Å². The lowest BCUT2D eigenvalue weighted by Crippen LogP contribution is -1.98. The van der Waals surface area contributed by atoms with E-state index in [2.05, 4.69) is 42.9 Å². The molecule has 0 fully saturated rings. The molecule has 0 unspecified atom stereocenters. The van der Waals surface area contributed by atoms with Crippen molar-refractivity contribution in [3.05, 3.63) is 58.1 Å². The van der Waals surface area contributed by atoms with Crippen molar-refractivity contribution >= 4 is 50.0 Å². The van der Waals surface area contributed by atoms with Gasteiger partial charge in [-0.2, -0.15) is 11.8 Å². The van der Waals surface area contributed by atoms with Crippen LogP contribution in [0, 0.1) is 0 Å². The molecule has 0 atom stereocenters. The van der Waals surface area contributed by atoms with Gasteiger partial charge in [0.2, 0.25) is 0 Å². The number of para-hydroxylation sites is 1. The fourth-order valence-electron chi connectivity index (χ4n) is 2.00. The average molecular weight is 422 g/mol. The van der Waals surface area contributed by atoms with E-state index >= 15 is 0 Å². The Balaban J connectivity index is 1.78. The molecule has 7 heteroatoms. The van der Waals surface area contributed by atoms with Crippen LogP contribution in [0.1, 0.15) is 5.69 Å². The van der Waals surface area contributed by atoms with Crippen molar-refractivity contribution in [2.45, 2.75) is 6.42 Å². The first-order valence-electron chi connectivity index (χ1n) is 7.33. The smallest absolute Gasteiger partial charge is 0.188 e. The number of aromatic nitrogens is 2. The molecule has 0 saturated carbocycles. The summed E-state index contributed by atoms with van der Waals surface area (Å²) in [6.45, 7) is 0. The maximum atomic E-state index is 5.95. The second-order valence-electron chi connectivity index (χ2n) is 4.93. The number of thioether (sulfide) groups is 1. The fraction of sp³-hybridized carbons (Fsp3) is 0.176. The Kier molecular flexibility index (Phi) is 6.12. The van der Waals surface area contributed by atoms with Crippen molar-refractivity contribution in [3.8, 4) is 11.5 Å². The van der Waals surface area contributed by atoms with Crippen molar-refractivity contribution < 1.29 is 4.74 Å². The van der Waals surface area contributed by atoms with Crippen LogP contribution < -0.4 is 10.1 Å². The van der Waals surface area contributed by atoms with Crippen LogP contribution >= 0.6 is 39.0 Å². The quantitative estimate of drug-likeness (QED) is 0.526. The van der Waals surface area contributed by atoms with Crippen molar-refractivity contribution in [1.29, 1.82) is 0 Å². The lowest BCUT2D eigenvalue weighted by Gasteiger charge is -2.11. The molecule has 124 valence electrons. The number of hydrogen-bond donors (Lipinski definition) is 1. The number of pyridine rings is 1. The molecule has 0 radical (unpaired) electrons. The number of ether oxygens (including phenoxy) is 1. The van der Waals surface area contributed by atoms with Gasteiger partial charge in [-0.1, -0.05) is 18.2 Å². The van der Waals surface area contributed by atoms with Gasteiger partial charge in [-0.15, -0.1) is 11.3 Å². The minimum Gasteiger partial charge on any atom is -0.453 e. The van der Waals surface area contributed by atoms with Crippen molar-refractivity contribution in [2.75, 3.05) is 17.3 Å². The fourth-order valence-corrected chi connectivity index (χ4v) is 3.46. The normalized spacial score (nSPS) is 10.6. The van der Waals surface area contributed by atoms with E-state index < -0.39 is 0 Å². The third kappa shape index (κ3) is 4.72. The molecule has 1 aromatic carbocycles. The lowest BCUT2D eigenvalue weighted by molar-refractivity contribution is 0.482. The summed E-state index contributed by atoms with van der Waals surface area (Å²) in [5.74, 6) is 3.13. The first-order chi connectivity index (χ1) is 11.7. The van der Waals surface area contributed by atoms with Gasteiger partial charge in [0, 0.05) is 22.1 Å². The van der Waals surface area contributed by atoms with Crippen LogP contribution in [0.25, 0.3) is 0 Å². The molecule has 0 aliphatic carbocycles. The topological polar surface area (TPSA) is 47.0 Å². The van der Waals surface area contributed by atoms with Gasteiger partial charge in [-0.3, -0.25) is 0 Å². The Morgan fingerprint density at radius 3 is 2.92 bits per heavy atom. The van der Waals surface area contributed by atoms with Crippen LogP contribution in [0.15, 0.2) is 52.4 Å². The van der Waals surface area contributed by atoms with E-state index in [9.17, 15) is 0 Å². The van der Waals surface area contributed by atoms with Gasteiger partial charge in [-0.05, 0) is 46.5 Å². The summed E-state index contributed by atoms with van der Waals surface area (Å²) >= 11 is 6.84. The number of nitrogens with zero attached hydrogens (tertiary/aromatic N) is 2. The zero-order valence-electron chi connectivity index (χ0n) is 13.0. The molecule has 0 bridgehead atoms. The zero-order valence-corrected chi connectivity index (χ0v) is 16.2. The van der Waals surface area contributed by atoms with Crippen LogP contribution in [-0.4, -0.2) is 22.0 Å². The Labute approximate surface area is 157 Å². The molecule has 2 aromatic heterocycles. The number of anilines is 2. The largest absolute Gasteiger partial charge is 0.453 e. The second-order valence-corrected chi connectivity index (χ2v) is 7.69. The number of benzene rings is 1. The molecule has 2 heterocycles. The highest BCUT2D eigenvalue weighted by Crippen LogP contribution is 2.33. The van der Waals surface area contributed by atoms with E-state index in [1.807, 2.05) is 48.2 Å². The second kappa shape index (κ2) is 8.50. The highest BCUT2D eigenvalue weighted by Gasteiger charge is 2.10. The van der Waals surface area contributed by atoms with Gasteiger partial charge >= 0.3 is 0 Å². The molecule has 4 nitrogen and oxygen atoms in total. The van der Waals surface area contributed by atoms with E-state index in [0.29, 0.717) is 11.6 Å². The summed E-state index contributed by atoms with van der Waals surface area (Å²) < 4.78 is 6.81.